The van der Waals surface area contributed by atoms with Gasteiger partial charge in [-0.15, -0.1) is 0 Å². The van der Waals surface area contributed by atoms with Crippen LogP contribution in [-0.4, -0.2) is 36.6 Å². The van der Waals surface area contributed by atoms with Crippen molar-refractivity contribution in [3.8, 4) is 11.3 Å². The molecule has 0 radical (unpaired) electrons. The van der Waals surface area contributed by atoms with E-state index in [2.05, 4.69) is 15.1 Å². The summed E-state index contributed by atoms with van der Waals surface area (Å²) in [5.74, 6) is -4.14. The number of carbonyl (C=O) groups is 1. The molecule has 0 spiro atoms. The molecule has 2 aromatic carbocycles. The molecule has 4 aromatic rings. The Morgan fingerprint density at radius 2 is 1.89 bits per heavy atom. The van der Waals surface area contributed by atoms with Crippen molar-refractivity contribution in [3.63, 3.8) is 0 Å². The van der Waals surface area contributed by atoms with Crippen molar-refractivity contribution in [3.05, 3.63) is 76.5 Å². The van der Waals surface area contributed by atoms with Crippen LogP contribution in [0.3, 0.4) is 0 Å². The minimum atomic E-state index is -1.50. The third-order valence-corrected chi connectivity index (χ3v) is 7.02. The summed E-state index contributed by atoms with van der Waals surface area (Å²) in [5.41, 5.74) is 4.37. The van der Waals surface area contributed by atoms with Gasteiger partial charge < -0.3 is 4.90 Å². The molecule has 2 aliphatic heterocycles. The van der Waals surface area contributed by atoms with Crippen LogP contribution < -0.4 is 0 Å². The van der Waals surface area contributed by atoms with Crippen LogP contribution in [0.4, 0.5) is 13.2 Å². The number of aryl methyl sites for hydroxylation is 2. The Bertz CT molecular complexity index is 1550. The molecule has 2 aliphatic rings. The van der Waals surface area contributed by atoms with Gasteiger partial charge in [0.2, 0.25) is 0 Å². The van der Waals surface area contributed by atoms with Gasteiger partial charge in [-0.1, -0.05) is 0 Å². The Labute approximate surface area is 200 Å². The molecule has 2 aromatic heterocycles. The lowest BCUT2D eigenvalue weighted by Gasteiger charge is -2.45. The lowest BCUT2D eigenvalue weighted by molar-refractivity contribution is 0.0392. The van der Waals surface area contributed by atoms with Crippen molar-refractivity contribution in [1.29, 1.82) is 0 Å². The van der Waals surface area contributed by atoms with Crippen molar-refractivity contribution < 1.29 is 19.3 Å². The first kappa shape index (κ1) is 20.6. The molecule has 6 nitrogen and oxygen atoms in total. The summed E-state index contributed by atoms with van der Waals surface area (Å²) in [6.45, 7) is 1.71. The first-order valence-corrected chi connectivity index (χ1v) is 11.5. The average molecular weight is 478 g/mol. The monoisotopic (exact) mass is 478 g/mol. The number of benzene rings is 2. The number of hydrogen-bond acceptors (Lipinski definition) is 4. The maximum Gasteiger partial charge on any atom is 0.254 e. The minimum Gasteiger partial charge on any atom is -0.327 e. The van der Waals surface area contributed by atoms with Crippen LogP contribution >= 0.6 is 0 Å². The second-order valence-electron chi connectivity index (χ2n) is 9.23. The fourth-order valence-electron chi connectivity index (χ4n) is 5.54. The van der Waals surface area contributed by atoms with Gasteiger partial charge in [0.1, 0.15) is 0 Å². The largest absolute Gasteiger partial charge is 0.327 e. The van der Waals surface area contributed by atoms with E-state index in [1.54, 1.807) is 36.9 Å². The van der Waals surface area contributed by atoms with Crippen LogP contribution in [0.25, 0.3) is 22.3 Å². The molecule has 0 saturated carbocycles. The van der Waals surface area contributed by atoms with Gasteiger partial charge >= 0.3 is 0 Å². The van der Waals surface area contributed by atoms with Crippen LogP contribution in [0.5, 0.6) is 0 Å². The molecule has 178 valence electrons. The summed E-state index contributed by atoms with van der Waals surface area (Å²) >= 11 is 0. The van der Waals surface area contributed by atoms with E-state index in [1.165, 1.54) is 0 Å². The highest BCUT2D eigenvalue weighted by atomic mass is 19.2. The number of halogens is 3. The molecule has 0 N–H and O–H groups in total. The molecule has 1 amide bonds. The third kappa shape index (κ3) is 3.40. The standard InChI is InChI=1S/C26H22F3N5O/c1-13-12-30-20-7-6-14(10-21(20)31-13)26(35)34-16-4-3-5-22(34)24-17(11-16)25(33(2)32-24)15-8-18(27)23(29)19(28)9-15/h6-10,12,16,22H,3-5,11H2,1-2H3/t16-,22+/m1/s1/i12D. The molecule has 35 heavy (non-hydrogen) atoms. The van der Waals surface area contributed by atoms with E-state index in [0.717, 1.165) is 30.5 Å². The minimum absolute atomic E-state index is 0.103. The Kier molecular flexibility index (Phi) is 4.65. The fraction of sp³-hybridized carbons (Fsp3) is 0.308. The zero-order valence-electron chi connectivity index (χ0n) is 20.1. The van der Waals surface area contributed by atoms with Gasteiger partial charge in [0.15, 0.2) is 17.5 Å². The quantitative estimate of drug-likeness (QED) is 0.379. The molecule has 9 heteroatoms. The Morgan fingerprint density at radius 3 is 2.66 bits per heavy atom. The first-order chi connectivity index (χ1) is 17.2. The van der Waals surface area contributed by atoms with Crippen molar-refractivity contribution in [2.24, 2.45) is 7.05 Å². The zero-order chi connectivity index (χ0) is 25.3. The summed E-state index contributed by atoms with van der Waals surface area (Å²) in [6.07, 6.45) is 3.02. The Hall–Kier alpha value is -3.75. The predicted molar refractivity (Wildman–Crippen MR) is 123 cm³/mol. The van der Waals surface area contributed by atoms with Crippen LogP contribution in [0, 0.1) is 24.4 Å². The molecule has 0 aliphatic carbocycles. The van der Waals surface area contributed by atoms with Crippen molar-refractivity contribution in [2.45, 2.75) is 44.7 Å². The summed E-state index contributed by atoms with van der Waals surface area (Å²) in [5, 5.41) is 4.67. The van der Waals surface area contributed by atoms with E-state index in [4.69, 9.17) is 1.37 Å². The number of hydrogen-bond donors (Lipinski definition) is 0. The highest BCUT2D eigenvalue weighted by Gasteiger charge is 2.43. The molecular formula is C26H22F3N5O. The summed E-state index contributed by atoms with van der Waals surface area (Å²) in [6, 6.07) is 6.69. The molecule has 4 heterocycles. The lowest BCUT2D eigenvalue weighted by atomic mass is 9.81. The van der Waals surface area contributed by atoms with E-state index < -0.39 is 17.5 Å². The Morgan fingerprint density at radius 1 is 1.11 bits per heavy atom. The summed E-state index contributed by atoms with van der Waals surface area (Å²) in [7, 11) is 1.69. The van der Waals surface area contributed by atoms with Crippen LogP contribution in [0.15, 0.2) is 36.5 Å². The first-order valence-electron chi connectivity index (χ1n) is 12.0. The van der Waals surface area contributed by atoms with Gasteiger partial charge in [-0.3, -0.25) is 14.5 Å². The van der Waals surface area contributed by atoms with Gasteiger partial charge in [-0.2, -0.15) is 5.10 Å². The van der Waals surface area contributed by atoms with E-state index in [-0.39, 0.29) is 29.7 Å². The van der Waals surface area contributed by atoms with Gasteiger partial charge in [0.25, 0.3) is 5.91 Å². The van der Waals surface area contributed by atoms with E-state index in [1.807, 2.05) is 4.90 Å². The van der Waals surface area contributed by atoms with Gasteiger partial charge in [0.05, 0.1) is 35.5 Å². The molecule has 2 bridgehead atoms. The summed E-state index contributed by atoms with van der Waals surface area (Å²) < 4.78 is 51.0. The van der Waals surface area contributed by atoms with Crippen molar-refractivity contribution in [1.82, 2.24) is 24.6 Å². The maximum absolute atomic E-state index is 14.0. The lowest BCUT2D eigenvalue weighted by Crippen LogP contribution is -2.49. The van der Waals surface area contributed by atoms with Gasteiger partial charge in [-0.05, 0) is 62.9 Å². The second kappa shape index (κ2) is 7.90. The van der Waals surface area contributed by atoms with Crippen molar-refractivity contribution >= 4 is 16.9 Å². The van der Waals surface area contributed by atoms with Crippen LogP contribution in [0.1, 0.15) is 54.0 Å². The predicted octanol–water partition coefficient (Wildman–Crippen LogP) is 5.05. The molecule has 1 fully saturated rings. The van der Waals surface area contributed by atoms with Gasteiger partial charge in [-0.25, -0.2) is 18.2 Å². The SMILES string of the molecule is [2H]c1nc2ccc(C(=O)N3[C@@H]4CCC[C@H]3c3nn(C)c(-c5cc(F)c(F)c(F)c5)c3C4)cc2nc1C. The van der Waals surface area contributed by atoms with Gasteiger partial charge in [0, 0.05) is 36.0 Å². The average Bonchev–Trinajstić information content (AvgIpc) is 3.17. The number of fused-ring (bicyclic) bond motifs is 5. The normalized spacial score (nSPS) is 19.6. The number of piperidine rings is 1. The molecule has 2 atom stereocenters. The molecule has 1 saturated heterocycles. The zero-order valence-corrected chi connectivity index (χ0v) is 19.1. The highest BCUT2D eigenvalue weighted by Crippen LogP contribution is 2.45. The third-order valence-electron chi connectivity index (χ3n) is 7.02. The smallest absolute Gasteiger partial charge is 0.254 e. The number of aromatic nitrogens is 4. The number of nitrogens with zero attached hydrogens (tertiary/aromatic N) is 5. The van der Waals surface area contributed by atoms with Crippen LogP contribution in [0.2, 0.25) is 0 Å². The molecular weight excluding hydrogens is 455 g/mol. The maximum atomic E-state index is 14.0. The molecule has 6 rings (SSSR count). The second-order valence-corrected chi connectivity index (χ2v) is 9.23. The van der Waals surface area contributed by atoms with Crippen molar-refractivity contribution in [2.75, 3.05) is 0 Å². The number of carbonyl (C=O) groups excluding carboxylic acids is 1. The topological polar surface area (TPSA) is 63.9 Å². The molecule has 0 unspecified atom stereocenters. The van der Waals surface area contributed by atoms with E-state index in [9.17, 15) is 18.0 Å². The summed E-state index contributed by atoms with van der Waals surface area (Å²) in [4.78, 5) is 24.3. The Balaban J connectivity index is 1.41. The van der Waals surface area contributed by atoms with Crippen LogP contribution in [-0.2, 0) is 13.5 Å². The fourth-order valence-corrected chi connectivity index (χ4v) is 5.54. The van der Waals surface area contributed by atoms with E-state index in [0.29, 0.717) is 46.5 Å². The van der Waals surface area contributed by atoms with E-state index >= 15 is 0 Å². The number of rotatable bonds is 2. The highest BCUT2D eigenvalue weighted by molar-refractivity contribution is 5.98. The number of amides is 1.